The molecule has 0 saturated heterocycles. The Balaban J connectivity index is 2.19. The standard InChI is InChI=1S/C18H34OSi/c1-8-14-11-12-15-16(10-9-13-18(14,15)5)19-20(6,7)17(2,3)4/h8,15-16H,9-13H2,1-7H3/b14-8+/t15-,16-,18+/m0/s1. The maximum atomic E-state index is 6.83. The fourth-order valence-electron chi connectivity index (χ4n) is 4.14. The van der Waals surface area contributed by atoms with E-state index < -0.39 is 8.32 Å². The molecule has 3 atom stereocenters. The third-order valence-electron chi connectivity index (χ3n) is 6.51. The van der Waals surface area contributed by atoms with Crippen LogP contribution in [0.2, 0.25) is 18.1 Å². The van der Waals surface area contributed by atoms with Crippen LogP contribution >= 0.6 is 0 Å². The molecule has 0 unspecified atom stereocenters. The van der Waals surface area contributed by atoms with E-state index in [1.807, 2.05) is 0 Å². The summed E-state index contributed by atoms with van der Waals surface area (Å²) < 4.78 is 6.83. The van der Waals surface area contributed by atoms with Gasteiger partial charge in [-0.15, -0.1) is 0 Å². The van der Waals surface area contributed by atoms with Crippen molar-refractivity contribution in [1.82, 2.24) is 0 Å². The van der Waals surface area contributed by atoms with Gasteiger partial charge in [0.25, 0.3) is 0 Å². The van der Waals surface area contributed by atoms with Crippen molar-refractivity contribution in [2.75, 3.05) is 0 Å². The molecule has 2 aliphatic rings. The van der Waals surface area contributed by atoms with Crippen LogP contribution in [0.3, 0.4) is 0 Å². The van der Waals surface area contributed by atoms with Gasteiger partial charge < -0.3 is 4.43 Å². The fraction of sp³-hybridized carbons (Fsp3) is 0.889. The Labute approximate surface area is 127 Å². The van der Waals surface area contributed by atoms with E-state index in [2.05, 4.69) is 53.8 Å². The second-order valence-corrected chi connectivity index (χ2v) is 13.4. The Morgan fingerprint density at radius 1 is 1.25 bits per heavy atom. The Hall–Kier alpha value is -0.0831. The summed E-state index contributed by atoms with van der Waals surface area (Å²) in [7, 11) is -1.64. The first kappa shape index (κ1) is 16.3. The minimum atomic E-state index is -1.64. The quantitative estimate of drug-likeness (QED) is 0.453. The van der Waals surface area contributed by atoms with Gasteiger partial charge in [0.15, 0.2) is 8.32 Å². The van der Waals surface area contributed by atoms with Gasteiger partial charge >= 0.3 is 0 Å². The van der Waals surface area contributed by atoms with Gasteiger partial charge in [0.05, 0.1) is 0 Å². The van der Waals surface area contributed by atoms with E-state index in [9.17, 15) is 0 Å². The predicted molar refractivity (Wildman–Crippen MR) is 90.5 cm³/mol. The van der Waals surface area contributed by atoms with E-state index in [1.165, 1.54) is 32.1 Å². The molecule has 0 aromatic carbocycles. The van der Waals surface area contributed by atoms with Crippen LogP contribution in [0.4, 0.5) is 0 Å². The van der Waals surface area contributed by atoms with Crippen LogP contribution in [-0.4, -0.2) is 14.4 Å². The summed E-state index contributed by atoms with van der Waals surface area (Å²) in [4.78, 5) is 0. The van der Waals surface area contributed by atoms with Crippen LogP contribution in [0, 0.1) is 11.3 Å². The molecular weight excluding hydrogens is 260 g/mol. The number of allylic oxidation sites excluding steroid dienone is 2. The summed E-state index contributed by atoms with van der Waals surface area (Å²) in [6.07, 6.45) is 9.52. The highest BCUT2D eigenvalue weighted by Crippen LogP contribution is 2.56. The van der Waals surface area contributed by atoms with Crippen LogP contribution in [0.5, 0.6) is 0 Å². The van der Waals surface area contributed by atoms with Gasteiger partial charge in [-0.1, -0.05) is 45.8 Å². The summed E-state index contributed by atoms with van der Waals surface area (Å²) in [6, 6.07) is 0. The highest BCUT2D eigenvalue weighted by atomic mass is 28.4. The van der Waals surface area contributed by atoms with Crippen molar-refractivity contribution >= 4 is 8.32 Å². The summed E-state index contributed by atoms with van der Waals surface area (Å²) in [5.41, 5.74) is 2.13. The van der Waals surface area contributed by atoms with Crippen molar-refractivity contribution in [2.24, 2.45) is 11.3 Å². The zero-order chi connectivity index (χ0) is 15.2. The molecule has 2 rings (SSSR count). The fourth-order valence-corrected chi connectivity index (χ4v) is 5.53. The summed E-state index contributed by atoms with van der Waals surface area (Å²) in [6.45, 7) is 16.6. The molecule has 2 aliphatic carbocycles. The lowest BCUT2D eigenvalue weighted by molar-refractivity contribution is 0.0233. The Bertz CT molecular complexity index is 391. The molecule has 0 spiro atoms. The molecule has 0 radical (unpaired) electrons. The highest BCUT2D eigenvalue weighted by molar-refractivity contribution is 6.74. The lowest BCUT2D eigenvalue weighted by Gasteiger charge is -2.47. The van der Waals surface area contributed by atoms with Crippen LogP contribution < -0.4 is 0 Å². The lowest BCUT2D eigenvalue weighted by atomic mass is 9.66. The average molecular weight is 295 g/mol. The minimum absolute atomic E-state index is 0.322. The Morgan fingerprint density at radius 3 is 2.45 bits per heavy atom. The van der Waals surface area contributed by atoms with Crippen molar-refractivity contribution in [3.05, 3.63) is 11.6 Å². The van der Waals surface area contributed by atoms with Gasteiger partial charge in [-0.25, -0.2) is 0 Å². The van der Waals surface area contributed by atoms with Gasteiger partial charge in [0.1, 0.15) is 0 Å². The first-order valence-electron chi connectivity index (χ1n) is 8.45. The predicted octanol–water partition coefficient (Wildman–Crippen LogP) is 5.92. The van der Waals surface area contributed by atoms with E-state index in [1.54, 1.807) is 5.57 Å². The zero-order valence-corrected chi connectivity index (χ0v) is 15.7. The maximum Gasteiger partial charge on any atom is 0.192 e. The molecule has 0 amide bonds. The average Bonchev–Trinajstić information content (AvgIpc) is 2.64. The number of hydrogen-bond donors (Lipinski definition) is 0. The van der Waals surface area contributed by atoms with Gasteiger partial charge in [0, 0.05) is 6.10 Å². The minimum Gasteiger partial charge on any atom is -0.414 e. The van der Waals surface area contributed by atoms with Gasteiger partial charge in [0.2, 0.25) is 0 Å². The maximum absolute atomic E-state index is 6.83. The van der Waals surface area contributed by atoms with Crippen LogP contribution in [-0.2, 0) is 4.43 Å². The van der Waals surface area contributed by atoms with E-state index in [4.69, 9.17) is 4.43 Å². The van der Waals surface area contributed by atoms with Crippen molar-refractivity contribution in [3.8, 4) is 0 Å². The molecule has 0 aromatic heterocycles. The van der Waals surface area contributed by atoms with Gasteiger partial charge in [-0.2, -0.15) is 0 Å². The van der Waals surface area contributed by atoms with E-state index >= 15 is 0 Å². The molecule has 116 valence electrons. The molecule has 0 bridgehead atoms. The Morgan fingerprint density at radius 2 is 1.90 bits per heavy atom. The van der Waals surface area contributed by atoms with Gasteiger partial charge in [-0.05, 0) is 62.1 Å². The summed E-state index contributed by atoms with van der Waals surface area (Å²) in [5.74, 6) is 0.761. The summed E-state index contributed by atoms with van der Waals surface area (Å²) >= 11 is 0. The second kappa shape index (κ2) is 5.28. The van der Waals surface area contributed by atoms with E-state index in [0.29, 0.717) is 16.6 Å². The van der Waals surface area contributed by atoms with E-state index in [0.717, 1.165) is 5.92 Å². The monoisotopic (exact) mass is 294 g/mol. The first-order chi connectivity index (χ1) is 9.12. The van der Waals surface area contributed by atoms with Crippen molar-refractivity contribution in [2.45, 2.75) is 91.0 Å². The molecule has 2 saturated carbocycles. The normalized spacial score (nSPS) is 37.2. The van der Waals surface area contributed by atoms with Crippen molar-refractivity contribution in [3.63, 3.8) is 0 Å². The largest absolute Gasteiger partial charge is 0.414 e. The van der Waals surface area contributed by atoms with Gasteiger partial charge in [-0.3, -0.25) is 0 Å². The number of fused-ring (bicyclic) bond motifs is 1. The number of rotatable bonds is 2. The SMILES string of the molecule is C/C=C1\CC[C@H]2[C@@H](O[Si](C)(C)C(C)(C)C)CCC[C@]12C. The van der Waals surface area contributed by atoms with Crippen molar-refractivity contribution in [1.29, 1.82) is 0 Å². The topological polar surface area (TPSA) is 9.23 Å². The third kappa shape index (κ3) is 2.66. The molecule has 2 heteroatoms. The molecule has 20 heavy (non-hydrogen) atoms. The second-order valence-electron chi connectivity index (χ2n) is 8.69. The Kier molecular flexibility index (Phi) is 4.30. The highest BCUT2D eigenvalue weighted by Gasteiger charge is 2.50. The van der Waals surface area contributed by atoms with E-state index in [-0.39, 0.29) is 0 Å². The summed E-state index contributed by atoms with van der Waals surface area (Å²) in [5, 5.41) is 0.322. The van der Waals surface area contributed by atoms with Crippen molar-refractivity contribution < 1.29 is 4.43 Å². The zero-order valence-electron chi connectivity index (χ0n) is 14.7. The number of hydrogen-bond acceptors (Lipinski definition) is 1. The van der Waals surface area contributed by atoms with Crippen LogP contribution in [0.25, 0.3) is 0 Å². The molecule has 2 fully saturated rings. The molecule has 1 nitrogen and oxygen atoms in total. The molecule has 0 N–H and O–H groups in total. The molecule has 0 aromatic rings. The smallest absolute Gasteiger partial charge is 0.192 e. The molecular formula is C18H34OSi. The molecule has 0 heterocycles. The first-order valence-corrected chi connectivity index (χ1v) is 11.4. The molecule has 0 aliphatic heterocycles. The lowest BCUT2D eigenvalue weighted by Crippen LogP contribution is -2.49. The van der Waals surface area contributed by atoms with Crippen LogP contribution in [0.15, 0.2) is 11.6 Å². The third-order valence-corrected chi connectivity index (χ3v) is 11.0. The van der Waals surface area contributed by atoms with Crippen LogP contribution in [0.1, 0.15) is 66.7 Å².